The van der Waals surface area contributed by atoms with Gasteiger partial charge in [0.05, 0.1) is 0 Å². The Morgan fingerprint density at radius 1 is 1.47 bits per heavy atom. The highest BCUT2D eigenvalue weighted by Crippen LogP contribution is 2.16. The summed E-state index contributed by atoms with van der Waals surface area (Å²) in [6, 6.07) is 4.37. The Bertz CT molecular complexity index is 342. The first kappa shape index (κ1) is 12.7. The SMILES string of the molecule is CN1CCCCC1COc1ccc(CCl)cn1. The maximum atomic E-state index is 5.72. The highest BCUT2D eigenvalue weighted by Gasteiger charge is 2.19. The molecule has 0 amide bonds. The van der Waals surface area contributed by atoms with Crippen molar-refractivity contribution in [3.63, 3.8) is 0 Å². The highest BCUT2D eigenvalue weighted by atomic mass is 35.5. The van der Waals surface area contributed by atoms with E-state index in [0.29, 0.717) is 17.8 Å². The van der Waals surface area contributed by atoms with Crippen LogP contribution >= 0.6 is 11.6 Å². The highest BCUT2D eigenvalue weighted by molar-refractivity contribution is 6.17. The Kier molecular flexibility index (Phi) is 4.63. The van der Waals surface area contributed by atoms with Crippen molar-refractivity contribution in [1.82, 2.24) is 9.88 Å². The Hall–Kier alpha value is -0.800. The largest absolute Gasteiger partial charge is 0.476 e. The van der Waals surface area contributed by atoms with Crippen molar-refractivity contribution in [2.75, 3.05) is 20.2 Å². The molecular weight excluding hydrogens is 236 g/mol. The normalized spacial score (nSPS) is 21.4. The number of hydrogen-bond acceptors (Lipinski definition) is 3. The molecule has 1 saturated heterocycles. The van der Waals surface area contributed by atoms with Gasteiger partial charge in [-0.3, -0.25) is 0 Å². The van der Waals surface area contributed by atoms with E-state index in [1.54, 1.807) is 6.20 Å². The lowest BCUT2D eigenvalue weighted by atomic mass is 10.0. The Balaban J connectivity index is 1.84. The lowest BCUT2D eigenvalue weighted by molar-refractivity contribution is 0.122. The second-order valence-corrected chi connectivity index (χ2v) is 4.85. The van der Waals surface area contributed by atoms with Gasteiger partial charge in [-0.15, -0.1) is 11.6 Å². The van der Waals surface area contributed by atoms with Crippen LogP contribution in [0.15, 0.2) is 18.3 Å². The smallest absolute Gasteiger partial charge is 0.213 e. The lowest BCUT2D eigenvalue weighted by Gasteiger charge is -2.31. The monoisotopic (exact) mass is 254 g/mol. The molecule has 1 aromatic rings. The van der Waals surface area contributed by atoms with Crippen LogP contribution in [0, 0.1) is 0 Å². The average molecular weight is 255 g/mol. The first-order valence-corrected chi connectivity index (χ1v) is 6.67. The molecule has 0 saturated carbocycles. The Labute approximate surface area is 108 Å². The number of rotatable bonds is 4. The number of aromatic nitrogens is 1. The molecule has 1 aliphatic heterocycles. The van der Waals surface area contributed by atoms with Crippen molar-refractivity contribution >= 4 is 11.6 Å². The van der Waals surface area contributed by atoms with Gasteiger partial charge in [0.15, 0.2) is 0 Å². The van der Waals surface area contributed by atoms with Crippen LogP contribution in [0.1, 0.15) is 24.8 Å². The van der Waals surface area contributed by atoms with Crippen molar-refractivity contribution in [3.05, 3.63) is 23.9 Å². The predicted molar refractivity (Wildman–Crippen MR) is 69.6 cm³/mol. The summed E-state index contributed by atoms with van der Waals surface area (Å²) in [5.74, 6) is 1.19. The summed E-state index contributed by atoms with van der Waals surface area (Å²) < 4.78 is 5.72. The van der Waals surface area contributed by atoms with Gasteiger partial charge in [-0.1, -0.05) is 12.5 Å². The molecule has 0 N–H and O–H groups in total. The van der Waals surface area contributed by atoms with Crippen LogP contribution in [0.2, 0.25) is 0 Å². The minimum Gasteiger partial charge on any atom is -0.476 e. The molecule has 4 heteroatoms. The first-order valence-electron chi connectivity index (χ1n) is 6.13. The molecule has 2 rings (SSSR count). The third-order valence-corrected chi connectivity index (χ3v) is 3.61. The van der Waals surface area contributed by atoms with Crippen LogP contribution in [0.5, 0.6) is 5.88 Å². The second-order valence-electron chi connectivity index (χ2n) is 4.58. The zero-order valence-electron chi connectivity index (χ0n) is 10.2. The van der Waals surface area contributed by atoms with Crippen LogP contribution in [0.4, 0.5) is 0 Å². The van der Waals surface area contributed by atoms with E-state index in [1.165, 1.54) is 25.8 Å². The van der Waals surface area contributed by atoms with E-state index in [9.17, 15) is 0 Å². The fraction of sp³-hybridized carbons (Fsp3) is 0.615. The van der Waals surface area contributed by atoms with E-state index >= 15 is 0 Å². The molecule has 1 unspecified atom stereocenters. The lowest BCUT2D eigenvalue weighted by Crippen LogP contribution is -2.40. The van der Waals surface area contributed by atoms with E-state index in [0.717, 1.165) is 12.2 Å². The third-order valence-electron chi connectivity index (χ3n) is 3.30. The summed E-state index contributed by atoms with van der Waals surface area (Å²) in [6.45, 7) is 1.90. The van der Waals surface area contributed by atoms with Gasteiger partial charge in [-0.2, -0.15) is 0 Å². The fourth-order valence-corrected chi connectivity index (χ4v) is 2.27. The maximum absolute atomic E-state index is 5.72. The number of alkyl halides is 1. The molecule has 94 valence electrons. The molecule has 1 aliphatic rings. The minimum atomic E-state index is 0.499. The van der Waals surface area contributed by atoms with Crippen LogP contribution < -0.4 is 4.74 Å². The van der Waals surface area contributed by atoms with Gasteiger partial charge in [0.1, 0.15) is 6.61 Å². The summed E-state index contributed by atoms with van der Waals surface area (Å²) in [6.07, 6.45) is 5.59. The predicted octanol–water partition coefficient (Wildman–Crippen LogP) is 2.68. The zero-order valence-corrected chi connectivity index (χ0v) is 11.0. The molecule has 0 radical (unpaired) electrons. The summed E-state index contributed by atoms with van der Waals surface area (Å²) in [5, 5.41) is 0. The summed E-state index contributed by atoms with van der Waals surface area (Å²) >= 11 is 5.71. The Morgan fingerprint density at radius 3 is 3.00 bits per heavy atom. The number of ether oxygens (including phenoxy) is 1. The second kappa shape index (κ2) is 6.22. The molecule has 0 spiro atoms. The average Bonchev–Trinajstić information content (AvgIpc) is 2.38. The number of likely N-dealkylation sites (tertiary alicyclic amines) is 1. The van der Waals surface area contributed by atoms with Gasteiger partial charge >= 0.3 is 0 Å². The number of hydrogen-bond donors (Lipinski definition) is 0. The van der Waals surface area contributed by atoms with Gasteiger partial charge in [-0.25, -0.2) is 4.98 Å². The standard InChI is InChI=1S/C13H19ClN2O/c1-16-7-3-2-4-12(16)10-17-13-6-5-11(8-14)9-15-13/h5-6,9,12H,2-4,7-8,10H2,1H3. The molecule has 17 heavy (non-hydrogen) atoms. The molecular formula is C13H19ClN2O. The maximum Gasteiger partial charge on any atom is 0.213 e. The van der Waals surface area contributed by atoms with Gasteiger partial charge < -0.3 is 9.64 Å². The van der Waals surface area contributed by atoms with Crippen molar-refractivity contribution < 1.29 is 4.74 Å². The van der Waals surface area contributed by atoms with Crippen molar-refractivity contribution in [2.45, 2.75) is 31.2 Å². The minimum absolute atomic E-state index is 0.499. The molecule has 3 nitrogen and oxygen atoms in total. The molecule has 0 bridgehead atoms. The van der Waals surface area contributed by atoms with Crippen LogP contribution in [-0.4, -0.2) is 36.1 Å². The van der Waals surface area contributed by atoms with Crippen LogP contribution in [0.25, 0.3) is 0 Å². The van der Waals surface area contributed by atoms with E-state index in [2.05, 4.69) is 16.9 Å². The van der Waals surface area contributed by atoms with E-state index in [4.69, 9.17) is 16.3 Å². The Morgan fingerprint density at radius 2 is 2.35 bits per heavy atom. The fourth-order valence-electron chi connectivity index (χ4n) is 2.11. The summed E-state index contributed by atoms with van der Waals surface area (Å²) in [5.41, 5.74) is 1.02. The van der Waals surface area contributed by atoms with Gasteiger partial charge in [-0.05, 0) is 32.0 Å². The van der Waals surface area contributed by atoms with E-state index in [-0.39, 0.29) is 0 Å². The zero-order chi connectivity index (χ0) is 12.1. The molecule has 1 aromatic heterocycles. The topological polar surface area (TPSA) is 25.4 Å². The van der Waals surface area contributed by atoms with Gasteiger partial charge in [0, 0.05) is 24.2 Å². The first-order chi connectivity index (χ1) is 8.29. The number of pyridine rings is 1. The summed E-state index contributed by atoms with van der Waals surface area (Å²) in [7, 11) is 2.16. The van der Waals surface area contributed by atoms with Crippen molar-refractivity contribution in [1.29, 1.82) is 0 Å². The number of nitrogens with zero attached hydrogens (tertiary/aromatic N) is 2. The molecule has 0 aromatic carbocycles. The molecule has 1 fully saturated rings. The quantitative estimate of drug-likeness (QED) is 0.773. The van der Waals surface area contributed by atoms with Crippen molar-refractivity contribution in [2.24, 2.45) is 0 Å². The molecule has 0 aliphatic carbocycles. The number of piperidine rings is 1. The van der Waals surface area contributed by atoms with Crippen LogP contribution in [-0.2, 0) is 5.88 Å². The number of likely N-dealkylation sites (N-methyl/N-ethyl adjacent to an activating group) is 1. The summed E-state index contributed by atoms with van der Waals surface area (Å²) in [4.78, 5) is 6.61. The van der Waals surface area contributed by atoms with E-state index < -0.39 is 0 Å². The van der Waals surface area contributed by atoms with E-state index in [1.807, 2.05) is 12.1 Å². The van der Waals surface area contributed by atoms with Gasteiger partial charge in [0.2, 0.25) is 5.88 Å². The third kappa shape index (κ3) is 3.58. The van der Waals surface area contributed by atoms with Crippen molar-refractivity contribution in [3.8, 4) is 5.88 Å². The number of halogens is 1. The van der Waals surface area contributed by atoms with Gasteiger partial charge in [0.25, 0.3) is 0 Å². The molecule has 1 atom stereocenters. The molecule has 2 heterocycles. The van der Waals surface area contributed by atoms with Crippen LogP contribution in [0.3, 0.4) is 0 Å².